The first-order valence-corrected chi connectivity index (χ1v) is 45.7. The molecule has 0 saturated carbocycles. The van der Waals surface area contributed by atoms with Gasteiger partial charge in [0, 0.05) is 60.2 Å². The molecule has 3 heterocycles. The fourth-order valence-electron chi connectivity index (χ4n) is 14.1. The number of amides is 17. The Bertz CT molecular complexity index is 4240. The van der Waals surface area contributed by atoms with Gasteiger partial charge in [0.1, 0.15) is 84.6 Å². The van der Waals surface area contributed by atoms with Gasteiger partial charge >= 0.3 is 29.9 Å². The number of carboxylic acids is 4. The molecule has 0 aliphatic carbocycles. The number of aliphatic hydroxyl groups is 2. The van der Waals surface area contributed by atoms with E-state index in [0.29, 0.717) is 24.8 Å². The van der Waals surface area contributed by atoms with Crippen LogP contribution >= 0.6 is 23.5 Å². The molecule has 130 heavy (non-hydrogen) atoms. The standard InChI is InChI=1S/C82H130N20O26S2/c1-40(2)33-54(75(120)87-42(5)68(113)90-48(19-13-15-30-83)70(115)92-51(24-27-63(107)108)73(118)97-55(34-41(3)4)78(123)101-66(44(7)104)80(125)88-43(6)69(114)95-53(81(126)127)25-28-64(109)110)96-72(117)50(23-26-61(85)105)93-77(122)57(36-65(111)112)98-74(119)52(29-32-129-8)94-71(116)49(20-14-16-31-84)91-79(124)58(38-103)99-76(121)56(35-45-37-86-47-18-10-9-17-46(45)47)89-62(106)22-12-11-21-60-67-59(39-130-60)100-82(128)102-67/h9-10,17-18,37,40-44,48-60,66-67,86,103-104H,11-16,19-36,38-39,83-84H2,1-8H3,(H2,85,105)(H,87,120)(H,88,125)(H,89,106)(H,90,113)(H,91,124)(H,92,115)(H,93,122)(H,94,116)(H,95,114)(H,96,117)(H,97,118)(H,98,119)(H,99,121)(H,101,123)(H,107,108)(H,109,110)(H,111,112)(H,126,127)(H2,100,102,128)/t42-,43-,44?,48-,49-,50-,51-,52-,53-,54-,55-,56-,57-,58-,59+,60+,66-,67+/m0/s1. The molecule has 46 nitrogen and oxygen atoms in total. The first-order chi connectivity index (χ1) is 61.4. The Labute approximate surface area is 759 Å². The van der Waals surface area contributed by atoms with Gasteiger partial charge in [-0.05, 0) is 159 Å². The van der Waals surface area contributed by atoms with Crippen molar-refractivity contribution >= 4 is 153 Å². The van der Waals surface area contributed by atoms with Crippen LogP contribution in [0.4, 0.5) is 4.79 Å². The van der Waals surface area contributed by atoms with Crippen molar-refractivity contribution in [1.82, 2.24) is 90.1 Å². The highest BCUT2D eigenvalue weighted by atomic mass is 32.2. The molecule has 29 N–H and O–H groups in total. The number of aliphatic hydroxyl groups excluding tert-OH is 2. The molecule has 2 saturated heterocycles. The van der Waals surface area contributed by atoms with E-state index in [9.17, 15) is 121 Å². The number of rotatable bonds is 63. The number of carbonyl (C=O) groups is 20. The summed E-state index contributed by atoms with van der Waals surface area (Å²) in [5.74, 6) is -21.6. The summed E-state index contributed by atoms with van der Waals surface area (Å²) in [6.45, 7) is 9.21. The van der Waals surface area contributed by atoms with E-state index in [4.69, 9.17) is 22.3 Å². The molecule has 726 valence electrons. The molecule has 48 heteroatoms. The van der Waals surface area contributed by atoms with Crippen molar-refractivity contribution in [3.05, 3.63) is 36.0 Å². The van der Waals surface area contributed by atoms with Crippen molar-refractivity contribution < 1.29 is 127 Å². The lowest BCUT2D eigenvalue weighted by Gasteiger charge is -2.29. The predicted molar refractivity (Wildman–Crippen MR) is 473 cm³/mol. The molecule has 2 aromatic rings. The van der Waals surface area contributed by atoms with Crippen LogP contribution in [-0.4, -0.2) is 300 Å². The molecule has 1 aromatic heterocycles. The summed E-state index contributed by atoms with van der Waals surface area (Å²) in [5, 5.41) is 100. The van der Waals surface area contributed by atoms with E-state index in [1.54, 1.807) is 64.0 Å². The van der Waals surface area contributed by atoms with Crippen molar-refractivity contribution in [2.24, 2.45) is 29.0 Å². The third-order valence-corrected chi connectivity index (χ3v) is 23.3. The van der Waals surface area contributed by atoms with Crippen molar-refractivity contribution in [1.29, 1.82) is 0 Å². The van der Waals surface area contributed by atoms with Crippen molar-refractivity contribution in [3.63, 3.8) is 0 Å². The number of nitrogens with two attached hydrogens (primary N) is 3. The average molecular weight is 1880 g/mol. The third-order valence-electron chi connectivity index (χ3n) is 21.2. The van der Waals surface area contributed by atoms with Crippen LogP contribution in [0.1, 0.15) is 182 Å². The Morgan fingerprint density at radius 3 is 1.38 bits per heavy atom. The van der Waals surface area contributed by atoms with Gasteiger partial charge in [-0.25, -0.2) is 9.59 Å². The Kier molecular flexibility index (Phi) is 48.5. The Hall–Kier alpha value is -11.5. The van der Waals surface area contributed by atoms with Crippen LogP contribution in [0.15, 0.2) is 30.5 Å². The van der Waals surface area contributed by atoms with Crippen LogP contribution in [0.5, 0.6) is 0 Å². The quantitative estimate of drug-likeness (QED) is 0.0219. The maximum Gasteiger partial charge on any atom is 0.326 e. The Morgan fingerprint density at radius 1 is 0.462 bits per heavy atom. The maximum atomic E-state index is 14.5. The van der Waals surface area contributed by atoms with Crippen LogP contribution in [-0.2, 0) is 97.5 Å². The molecule has 0 spiro atoms. The number of hydrogen-bond donors (Lipinski definition) is 26. The second-order valence-corrected chi connectivity index (χ2v) is 35.2. The van der Waals surface area contributed by atoms with Gasteiger partial charge in [-0.3, -0.25) is 86.3 Å². The van der Waals surface area contributed by atoms with Gasteiger partial charge in [-0.1, -0.05) is 52.3 Å². The third kappa shape index (κ3) is 39.0. The zero-order chi connectivity index (χ0) is 97.2. The number of aromatic nitrogens is 1. The van der Waals surface area contributed by atoms with Crippen LogP contribution in [0.25, 0.3) is 10.9 Å². The summed E-state index contributed by atoms with van der Waals surface area (Å²) in [4.78, 5) is 272. The first-order valence-electron chi connectivity index (χ1n) is 43.2. The number of carboxylic acid groups (broad SMARTS) is 4. The monoisotopic (exact) mass is 1870 g/mol. The van der Waals surface area contributed by atoms with Crippen molar-refractivity contribution in [3.8, 4) is 0 Å². The Balaban J connectivity index is 1.51. The summed E-state index contributed by atoms with van der Waals surface area (Å²) < 4.78 is 0. The van der Waals surface area contributed by atoms with Crippen LogP contribution in [0, 0.1) is 11.8 Å². The van der Waals surface area contributed by atoms with E-state index in [1.165, 1.54) is 18.7 Å². The highest BCUT2D eigenvalue weighted by Crippen LogP contribution is 2.33. The Morgan fingerprint density at radius 2 is 0.892 bits per heavy atom. The summed E-state index contributed by atoms with van der Waals surface area (Å²) >= 11 is 2.95. The lowest BCUT2D eigenvalue weighted by Crippen LogP contribution is -2.61. The lowest BCUT2D eigenvalue weighted by molar-refractivity contribution is -0.144. The van der Waals surface area contributed by atoms with Crippen LogP contribution in [0.2, 0.25) is 0 Å². The van der Waals surface area contributed by atoms with Gasteiger partial charge in [0.2, 0.25) is 88.6 Å². The zero-order valence-corrected chi connectivity index (χ0v) is 75.8. The number of aliphatic carboxylic acids is 4. The summed E-state index contributed by atoms with van der Waals surface area (Å²) in [7, 11) is 0. The molecule has 4 rings (SSSR count). The number of para-hydroxylation sites is 1. The SMILES string of the molecule is CSCC[C@H](NC(=O)[C@H](CCCCN)NC(=O)[C@H](CO)NC(=O)[C@H](Cc1c[nH]c2ccccc12)NC(=O)CCCC[C@H]1SC[C@H]2NC(=O)N[C@H]21)C(=O)N[C@@H](CC(=O)O)C(=O)N[C@@H](CCC(N)=O)C(=O)N[C@@H](CC(C)C)C(=O)N[C@@H](C)C(=O)N[C@@H](CCCCN)C(=O)N[C@@H](CCC(=O)O)C(=O)N[C@@H](CC(C)C)C(=O)N[C@H](C(=O)N[C@@H](C)C(=O)N[C@@H](CCC(=O)O)C(=O)O)C(C)O. The molecule has 1 unspecified atom stereocenters. The minimum absolute atomic E-state index is 0.0171. The van der Waals surface area contributed by atoms with Crippen LogP contribution in [0.3, 0.4) is 0 Å². The first kappa shape index (κ1) is 111. The largest absolute Gasteiger partial charge is 0.481 e. The number of fused-ring (bicyclic) bond motifs is 2. The summed E-state index contributed by atoms with van der Waals surface area (Å²) in [6.07, 6.45) is -1.40. The van der Waals surface area contributed by atoms with Gasteiger partial charge in [-0.15, -0.1) is 0 Å². The predicted octanol–water partition coefficient (Wildman–Crippen LogP) is -4.71. The van der Waals surface area contributed by atoms with E-state index >= 15 is 0 Å². The smallest absolute Gasteiger partial charge is 0.326 e. The number of carbonyl (C=O) groups excluding carboxylic acids is 16. The molecule has 2 aliphatic rings. The van der Waals surface area contributed by atoms with Crippen molar-refractivity contribution in [2.45, 2.75) is 291 Å². The fourth-order valence-corrected chi connectivity index (χ4v) is 16.1. The second-order valence-electron chi connectivity index (χ2n) is 32.9. The summed E-state index contributed by atoms with van der Waals surface area (Å²) in [5.41, 5.74) is 18.4. The number of primary amides is 1. The fraction of sp³-hybridized carbons (Fsp3) is 0.659. The number of unbranched alkanes of at least 4 members (excludes halogenated alkanes) is 3. The molecular formula is C82H130N20O26S2. The minimum atomic E-state index is -2.05. The van der Waals surface area contributed by atoms with E-state index in [-0.39, 0.29) is 106 Å². The molecule has 0 radical (unpaired) electrons. The number of benzene rings is 1. The van der Waals surface area contributed by atoms with E-state index in [0.717, 1.165) is 36.9 Å². The van der Waals surface area contributed by atoms with E-state index in [1.807, 2.05) is 12.1 Å². The van der Waals surface area contributed by atoms with E-state index in [2.05, 4.69) is 90.1 Å². The number of urea groups is 1. The van der Waals surface area contributed by atoms with Gasteiger partial charge in [0.15, 0.2) is 0 Å². The minimum Gasteiger partial charge on any atom is -0.481 e. The molecule has 2 aliphatic heterocycles. The van der Waals surface area contributed by atoms with Gasteiger partial charge < -0.3 is 138 Å². The molecule has 18 atom stereocenters. The van der Waals surface area contributed by atoms with Gasteiger partial charge in [0.05, 0.1) is 31.2 Å². The van der Waals surface area contributed by atoms with Gasteiger partial charge in [0.25, 0.3) is 0 Å². The molecule has 17 amide bonds. The normalized spacial score (nSPS) is 17.4. The van der Waals surface area contributed by atoms with Gasteiger partial charge in [-0.2, -0.15) is 23.5 Å². The zero-order valence-electron chi connectivity index (χ0n) is 74.2. The van der Waals surface area contributed by atoms with E-state index < -0.39 is 267 Å². The number of thioether (sulfide) groups is 2. The lowest BCUT2D eigenvalue weighted by atomic mass is 10.0. The topological polar surface area (TPSA) is 749 Å². The number of nitrogens with one attached hydrogen (secondary N) is 17. The highest BCUT2D eigenvalue weighted by Gasteiger charge is 2.44. The second kappa shape index (κ2) is 56.8. The highest BCUT2D eigenvalue weighted by molar-refractivity contribution is 8.00. The molecule has 2 fully saturated rings. The number of hydrogen-bond acceptors (Lipinski definition) is 26. The molecular weight excluding hydrogens is 1750 g/mol. The molecule has 0 bridgehead atoms. The molecule has 1 aromatic carbocycles. The van der Waals surface area contributed by atoms with Crippen LogP contribution < -0.4 is 102 Å². The van der Waals surface area contributed by atoms with Crippen molar-refractivity contribution in [2.75, 3.05) is 37.5 Å². The summed E-state index contributed by atoms with van der Waals surface area (Å²) in [6, 6.07) is -16.2. The number of H-pyrrole nitrogens is 1. The number of aromatic amines is 1. The maximum absolute atomic E-state index is 14.5. The average Bonchev–Trinajstić information content (AvgIpc) is 1.68.